The third-order valence-corrected chi connectivity index (χ3v) is 5.12. The summed E-state index contributed by atoms with van der Waals surface area (Å²) >= 11 is 0. The van der Waals surface area contributed by atoms with Crippen LogP contribution in [0, 0.1) is 0 Å². The number of hydrogen-bond donors (Lipinski definition) is 1. The van der Waals surface area contributed by atoms with Gasteiger partial charge in [-0.2, -0.15) is 0 Å². The van der Waals surface area contributed by atoms with Gasteiger partial charge in [-0.1, -0.05) is 6.07 Å². The van der Waals surface area contributed by atoms with Crippen molar-refractivity contribution in [2.75, 3.05) is 25.0 Å². The van der Waals surface area contributed by atoms with Crippen LogP contribution in [-0.4, -0.2) is 57.1 Å². The standard InChI is InChI=1S/C19H23N5O2/c25-17(12-15-4-1-2-7-20-15)24-10-6-19(14-24)13-16(5-11-26-19)23-18-21-8-3-9-22-18/h1-4,7-9,16H,5-6,10-14H2,(H,21,22,23)/t16-,19+/m1/s1. The second-order valence-corrected chi connectivity index (χ2v) is 7.00. The van der Waals surface area contributed by atoms with Gasteiger partial charge in [0.05, 0.1) is 12.0 Å². The quantitative estimate of drug-likeness (QED) is 0.901. The van der Waals surface area contributed by atoms with Gasteiger partial charge in [-0.05, 0) is 37.5 Å². The SMILES string of the molecule is O=C(Cc1ccccn1)N1CC[C@]2(C[C@H](Nc3ncccn3)CCO2)C1. The Morgan fingerprint density at radius 1 is 1.23 bits per heavy atom. The first-order valence-corrected chi connectivity index (χ1v) is 9.08. The van der Waals surface area contributed by atoms with Crippen molar-refractivity contribution in [1.29, 1.82) is 0 Å². The number of nitrogens with one attached hydrogen (secondary N) is 1. The van der Waals surface area contributed by atoms with Crippen molar-refractivity contribution in [3.63, 3.8) is 0 Å². The number of carbonyl (C=O) groups excluding carboxylic acids is 1. The normalized spacial score (nSPS) is 25.4. The van der Waals surface area contributed by atoms with Gasteiger partial charge in [0.1, 0.15) is 0 Å². The molecule has 2 aliphatic rings. The van der Waals surface area contributed by atoms with Crippen LogP contribution >= 0.6 is 0 Å². The van der Waals surface area contributed by atoms with E-state index in [0.717, 1.165) is 31.5 Å². The summed E-state index contributed by atoms with van der Waals surface area (Å²) in [5.74, 6) is 0.765. The van der Waals surface area contributed by atoms with Gasteiger partial charge in [-0.3, -0.25) is 9.78 Å². The van der Waals surface area contributed by atoms with E-state index < -0.39 is 0 Å². The van der Waals surface area contributed by atoms with Crippen LogP contribution in [0.15, 0.2) is 42.9 Å². The lowest BCUT2D eigenvalue weighted by Crippen LogP contribution is -2.47. The molecule has 2 atom stereocenters. The Hall–Kier alpha value is -2.54. The van der Waals surface area contributed by atoms with E-state index in [9.17, 15) is 4.79 Å². The summed E-state index contributed by atoms with van der Waals surface area (Å²) in [6.45, 7) is 2.07. The van der Waals surface area contributed by atoms with E-state index in [2.05, 4.69) is 20.3 Å². The van der Waals surface area contributed by atoms with Crippen molar-refractivity contribution in [1.82, 2.24) is 19.9 Å². The maximum absolute atomic E-state index is 12.6. The zero-order valence-electron chi connectivity index (χ0n) is 14.7. The maximum Gasteiger partial charge on any atom is 0.228 e. The van der Waals surface area contributed by atoms with E-state index in [1.54, 1.807) is 24.7 Å². The minimum absolute atomic E-state index is 0.116. The summed E-state index contributed by atoms with van der Waals surface area (Å²) in [5, 5.41) is 3.40. The molecule has 7 heteroatoms. The number of amides is 1. The summed E-state index contributed by atoms with van der Waals surface area (Å²) in [7, 11) is 0. The van der Waals surface area contributed by atoms with E-state index in [0.29, 0.717) is 25.5 Å². The maximum atomic E-state index is 12.6. The molecule has 1 spiro atoms. The molecule has 0 aromatic carbocycles. The van der Waals surface area contributed by atoms with Crippen molar-refractivity contribution in [2.45, 2.75) is 37.3 Å². The molecule has 0 saturated carbocycles. The predicted octanol–water partition coefficient (Wildman–Crippen LogP) is 1.68. The molecule has 4 rings (SSSR count). The Morgan fingerprint density at radius 2 is 2.08 bits per heavy atom. The fourth-order valence-electron chi connectivity index (χ4n) is 3.82. The Morgan fingerprint density at radius 3 is 2.88 bits per heavy atom. The molecule has 0 radical (unpaired) electrons. The summed E-state index contributed by atoms with van der Waals surface area (Å²) in [6, 6.07) is 7.72. The van der Waals surface area contributed by atoms with Gasteiger partial charge in [0.25, 0.3) is 0 Å². The average Bonchev–Trinajstić information content (AvgIpc) is 3.07. The highest BCUT2D eigenvalue weighted by Crippen LogP contribution is 2.35. The minimum atomic E-state index is -0.259. The Labute approximate surface area is 152 Å². The van der Waals surface area contributed by atoms with Crippen LogP contribution in [0.1, 0.15) is 25.0 Å². The predicted molar refractivity (Wildman–Crippen MR) is 96.5 cm³/mol. The lowest BCUT2D eigenvalue weighted by Gasteiger charge is -2.38. The highest BCUT2D eigenvalue weighted by molar-refractivity contribution is 5.78. The van der Waals surface area contributed by atoms with Gasteiger partial charge < -0.3 is 15.0 Å². The van der Waals surface area contributed by atoms with Gasteiger partial charge in [-0.25, -0.2) is 9.97 Å². The fourth-order valence-corrected chi connectivity index (χ4v) is 3.82. The van der Waals surface area contributed by atoms with Crippen LogP contribution in [-0.2, 0) is 16.0 Å². The van der Waals surface area contributed by atoms with Crippen molar-refractivity contribution < 1.29 is 9.53 Å². The molecule has 7 nitrogen and oxygen atoms in total. The smallest absolute Gasteiger partial charge is 0.228 e. The van der Waals surface area contributed by atoms with Gasteiger partial charge in [0.2, 0.25) is 11.9 Å². The third kappa shape index (κ3) is 3.83. The molecule has 0 unspecified atom stereocenters. The second kappa shape index (κ2) is 7.37. The van der Waals surface area contributed by atoms with E-state index in [1.165, 1.54) is 0 Å². The van der Waals surface area contributed by atoms with Gasteiger partial charge in [0.15, 0.2) is 0 Å². The highest BCUT2D eigenvalue weighted by Gasteiger charge is 2.44. The number of aromatic nitrogens is 3. The first-order valence-electron chi connectivity index (χ1n) is 9.08. The molecule has 2 aliphatic heterocycles. The van der Waals surface area contributed by atoms with Crippen molar-refractivity contribution in [3.05, 3.63) is 48.5 Å². The zero-order chi connectivity index (χ0) is 17.8. The van der Waals surface area contributed by atoms with Gasteiger partial charge in [-0.15, -0.1) is 0 Å². The third-order valence-electron chi connectivity index (χ3n) is 5.12. The molecule has 1 amide bonds. The lowest BCUT2D eigenvalue weighted by molar-refractivity contribution is -0.132. The lowest BCUT2D eigenvalue weighted by atomic mass is 9.89. The number of likely N-dealkylation sites (tertiary alicyclic amines) is 1. The number of nitrogens with zero attached hydrogens (tertiary/aromatic N) is 4. The van der Waals surface area contributed by atoms with Gasteiger partial charge in [0, 0.05) is 50.0 Å². The molecule has 136 valence electrons. The van der Waals surface area contributed by atoms with Crippen LogP contribution in [0.25, 0.3) is 0 Å². The Kier molecular flexibility index (Phi) is 4.79. The minimum Gasteiger partial charge on any atom is -0.373 e. The second-order valence-electron chi connectivity index (χ2n) is 7.00. The number of anilines is 1. The molecule has 4 heterocycles. The van der Waals surface area contributed by atoms with Crippen LogP contribution in [0.2, 0.25) is 0 Å². The van der Waals surface area contributed by atoms with Crippen molar-refractivity contribution in [2.24, 2.45) is 0 Å². The number of hydrogen-bond acceptors (Lipinski definition) is 6. The number of carbonyl (C=O) groups is 1. The van der Waals surface area contributed by atoms with Crippen molar-refractivity contribution in [3.8, 4) is 0 Å². The van der Waals surface area contributed by atoms with E-state index in [-0.39, 0.29) is 17.6 Å². The summed E-state index contributed by atoms with van der Waals surface area (Å²) in [5.41, 5.74) is 0.550. The molecule has 2 aromatic rings. The monoisotopic (exact) mass is 353 g/mol. The molecule has 2 fully saturated rings. The molecule has 26 heavy (non-hydrogen) atoms. The fraction of sp³-hybridized carbons (Fsp3) is 0.474. The summed E-state index contributed by atoms with van der Waals surface area (Å²) in [6.07, 6.45) is 8.18. The zero-order valence-corrected chi connectivity index (χ0v) is 14.7. The van der Waals surface area contributed by atoms with Crippen molar-refractivity contribution >= 4 is 11.9 Å². The Bertz CT molecular complexity index is 742. The highest BCUT2D eigenvalue weighted by atomic mass is 16.5. The van der Waals surface area contributed by atoms with Crippen LogP contribution in [0.4, 0.5) is 5.95 Å². The van der Waals surface area contributed by atoms with Crippen LogP contribution in [0.3, 0.4) is 0 Å². The largest absolute Gasteiger partial charge is 0.373 e. The van der Waals surface area contributed by atoms with E-state index >= 15 is 0 Å². The molecular weight excluding hydrogens is 330 g/mol. The summed E-state index contributed by atoms with van der Waals surface area (Å²) < 4.78 is 6.13. The summed E-state index contributed by atoms with van der Waals surface area (Å²) in [4.78, 5) is 27.3. The molecule has 1 N–H and O–H groups in total. The molecule has 2 aromatic heterocycles. The number of ether oxygens (including phenoxy) is 1. The number of pyridine rings is 1. The number of rotatable bonds is 4. The molecular formula is C19H23N5O2. The Balaban J connectivity index is 1.36. The average molecular weight is 353 g/mol. The van der Waals surface area contributed by atoms with Crippen LogP contribution in [0.5, 0.6) is 0 Å². The van der Waals surface area contributed by atoms with Gasteiger partial charge >= 0.3 is 0 Å². The topological polar surface area (TPSA) is 80.2 Å². The molecule has 0 bridgehead atoms. The molecule has 2 saturated heterocycles. The van der Waals surface area contributed by atoms with E-state index in [1.807, 2.05) is 23.1 Å². The first-order chi connectivity index (χ1) is 12.7. The van der Waals surface area contributed by atoms with Crippen LogP contribution < -0.4 is 5.32 Å². The first kappa shape index (κ1) is 16.9. The van der Waals surface area contributed by atoms with E-state index in [4.69, 9.17) is 4.74 Å². The molecule has 0 aliphatic carbocycles.